The lowest BCUT2D eigenvalue weighted by Gasteiger charge is -2.40. The number of hydrogen-bond acceptors (Lipinski definition) is 5. The average Bonchev–Trinajstić information content (AvgIpc) is 2.21. The predicted molar refractivity (Wildman–Crippen MR) is 69.9 cm³/mol. The van der Waals surface area contributed by atoms with E-state index in [1.807, 2.05) is 18.2 Å². The quantitative estimate of drug-likeness (QED) is 0.280. The maximum Gasteiger partial charge on any atom is 0.0589 e. The van der Waals surface area contributed by atoms with E-state index >= 15 is 0 Å². The summed E-state index contributed by atoms with van der Waals surface area (Å²) >= 11 is 1.38. The van der Waals surface area contributed by atoms with Crippen LogP contribution in [-0.4, -0.2) is 5.54 Å². The van der Waals surface area contributed by atoms with Crippen LogP contribution in [0.2, 0.25) is 0 Å². The Labute approximate surface area is 100 Å². The second-order valence-electron chi connectivity index (χ2n) is 4.51. The lowest BCUT2D eigenvalue weighted by Crippen LogP contribution is -2.41. The Kier molecular flexibility index (Phi) is 3.28. The van der Waals surface area contributed by atoms with Gasteiger partial charge < -0.3 is 11.1 Å². The monoisotopic (exact) mass is 238 g/mol. The third-order valence-electron chi connectivity index (χ3n) is 3.10. The molecule has 0 bridgehead atoms. The van der Waals surface area contributed by atoms with Gasteiger partial charge in [-0.1, -0.05) is 0 Å². The van der Waals surface area contributed by atoms with Crippen LogP contribution < -0.4 is 21.7 Å². The number of anilines is 2. The fourth-order valence-corrected chi connectivity index (χ4v) is 2.38. The van der Waals surface area contributed by atoms with Gasteiger partial charge in [0.25, 0.3) is 0 Å². The third-order valence-corrected chi connectivity index (χ3v) is 3.70. The van der Waals surface area contributed by atoms with Gasteiger partial charge in [0.1, 0.15) is 0 Å². The summed E-state index contributed by atoms with van der Waals surface area (Å²) in [6, 6.07) is 5.89. The number of hydrazine groups is 1. The van der Waals surface area contributed by atoms with E-state index in [1.54, 1.807) is 0 Å². The van der Waals surface area contributed by atoms with E-state index in [0.717, 1.165) is 16.3 Å². The molecule has 2 rings (SSSR count). The Morgan fingerprint density at radius 2 is 2.12 bits per heavy atom. The Hall–Kier alpha value is -0.910. The number of nitrogens with one attached hydrogen (secondary N) is 2. The Bertz CT molecular complexity index is 376. The molecule has 88 valence electrons. The van der Waals surface area contributed by atoms with E-state index in [-0.39, 0.29) is 5.54 Å². The number of hydrogen-bond donors (Lipinski definition) is 4. The highest BCUT2D eigenvalue weighted by Gasteiger charge is 2.31. The van der Waals surface area contributed by atoms with Crippen molar-refractivity contribution in [2.75, 3.05) is 11.1 Å². The predicted octanol–water partition coefficient (Wildman–Crippen LogP) is 2.09. The van der Waals surface area contributed by atoms with Gasteiger partial charge in [0.05, 0.1) is 11.4 Å². The number of nitrogen functional groups attached to an aromatic ring is 1. The minimum absolute atomic E-state index is 0.216. The van der Waals surface area contributed by atoms with Gasteiger partial charge in [-0.2, -0.15) is 4.83 Å². The number of nitrogens with two attached hydrogens (primary N) is 2. The first-order valence-electron chi connectivity index (χ1n) is 5.43. The van der Waals surface area contributed by atoms with Gasteiger partial charge in [-0.3, -0.25) is 5.84 Å². The summed E-state index contributed by atoms with van der Waals surface area (Å²) in [5.41, 5.74) is 7.95. The Morgan fingerprint density at radius 1 is 1.38 bits per heavy atom. The molecule has 5 heteroatoms. The second kappa shape index (κ2) is 4.53. The van der Waals surface area contributed by atoms with Crippen molar-refractivity contribution in [2.24, 2.45) is 5.84 Å². The highest BCUT2D eigenvalue weighted by molar-refractivity contribution is 7.97. The average molecular weight is 238 g/mol. The summed E-state index contributed by atoms with van der Waals surface area (Å²) in [4.78, 5) is 3.63. The summed E-state index contributed by atoms with van der Waals surface area (Å²) in [7, 11) is 0. The molecule has 0 radical (unpaired) electrons. The number of benzene rings is 1. The molecule has 6 N–H and O–H groups in total. The molecule has 1 aromatic carbocycles. The molecule has 1 saturated carbocycles. The van der Waals surface area contributed by atoms with Crippen LogP contribution in [0.5, 0.6) is 0 Å². The molecule has 1 aromatic rings. The topological polar surface area (TPSA) is 76.1 Å². The molecule has 0 heterocycles. The zero-order valence-corrected chi connectivity index (χ0v) is 10.2. The van der Waals surface area contributed by atoms with Crippen molar-refractivity contribution < 1.29 is 0 Å². The first-order chi connectivity index (χ1) is 7.63. The molecule has 0 saturated heterocycles. The summed E-state index contributed by atoms with van der Waals surface area (Å²) in [5.74, 6) is 5.27. The van der Waals surface area contributed by atoms with Crippen molar-refractivity contribution >= 4 is 23.3 Å². The molecule has 0 aliphatic heterocycles. The van der Waals surface area contributed by atoms with Crippen LogP contribution in [0.15, 0.2) is 23.1 Å². The lowest BCUT2D eigenvalue weighted by atomic mass is 9.78. The van der Waals surface area contributed by atoms with E-state index in [9.17, 15) is 0 Å². The molecule has 0 unspecified atom stereocenters. The zero-order valence-electron chi connectivity index (χ0n) is 9.42. The van der Waals surface area contributed by atoms with Crippen molar-refractivity contribution in [1.82, 2.24) is 4.83 Å². The SMILES string of the molecule is CC1(Nc2cc(SNN)ccc2N)CCC1. The highest BCUT2D eigenvalue weighted by Crippen LogP contribution is 2.37. The maximum absolute atomic E-state index is 5.95. The molecular weight excluding hydrogens is 220 g/mol. The van der Waals surface area contributed by atoms with Gasteiger partial charge in [-0.25, -0.2) is 0 Å². The van der Waals surface area contributed by atoms with E-state index in [2.05, 4.69) is 17.1 Å². The molecule has 4 nitrogen and oxygen atoms in total. The molecule has 0 amide bonds. The summed E-state index contributed by atoms with van der Waals surface area (Å²) in [5, 5.41) is 3.51. The maximum atomic E-state index is 5.95. The summed E-state index contributed by atoms with van der Waals surface area (Å²) in [6.45, 7) is 2.23. The Morgan fingerprint density at radius 3 is 2.69 bits per heavy atom. The van der Waals surface area contributed by atoms with Gasteiger partial charge in [0.15, 0.2) is 0 Å². The van der Waals surface area contributed by atoms with Crippen LogP contribution in [0.25, 0.3) is 0 Å². The zero-order chi connectivity index (χ0) is 11.6. The fraction of sp³-hybridized carbons (Fsp3) is 0.455. The molecule has 0 spiro atoms. The summed E-state index contributed by atoms with van der Waals surface area (Å²) in [6.07, 6.45) is 3.71. The van der Waals surface area contributed by atoms with Gasteiger partial charge in [0.2, 0.25) is 0 Å². The minimum Gasteiger partial charge on any atom is -0.397 e. The van der Waals surface area contributed by atoms with Crippen LogP contribution in [0.4, 0.5) is 11.4 Å². The van der Waals surface area contributed by atoms with Gasteiger partial charge >= 0.3 is 0 Å². The molecule has 1 aliphatic carbocycles. The molecule has 1 aliphatic rings. The normalized spacial score (nSPS) is 17.9. The molecule has 16 heavy (non-hydrogen) atoms. The van der Waals surface area contributed by atoms with E-state index in [4.69, 9.17) is 11.6 Å². The van der Waals surface area contributed by atoms with Crippen molar-refractivity contribution in [3.63, 3.8) is 0 Å². The first kappa shape index (κ1) is 11.6. The van der Waals surface area contributed by atoms with Crippen LogP contribution in [0, 0.1) is 0 Å². The van der Waals surface area contributed by atoms with Gasteiger partial charge in [-0.05, 0) is 56.3 Å². The van der Waals surface area contributed by atoms with E-state index in [1.165, 1.54) is 31.2 Å². The van der Waals surface area contributed by atoms with Crippen LogP contribution in [-0.2, 0) is 0 Å². The van der Waals surface area contributed by atoms with Crippen molar-refractivity contribution in [3.05, 3.63) is 18.2 Å². The fourth-order valence-electron chi connectivity index (χ4n) is 1.93. The molecular formula is C11H18N4S. The molecule has 0 atom stereocenters. The van der Waals surface area contributed by atoms with Crippen LogP contribution >= 0.6 is 11.9 Å². The standard InChI is InChI=1S/C11H18N4S/c1-11(5-2-6-11)14-10-7-8(16-15-13)3-4-9(10)12/h3-4,7,14-15H,2,5-6,12-13H2,1H3. The third kappa shape index (κ3) is 2.42. The number of rotatable bonds is 4. The van der Waals surface area contributed by atoms with Gasteiger partial charge in [0, 0.05) is 10.4 Å². The van der Waals surface area contributed by atoms with Crippen molar-refractivity contribution in [3.8, 4) is 0 Å². The van der Waals surface area contributed by atoms with Gasteiger partial charge in [-0.15, -0.1) is 0 Å². The first-order valence-corrected chi connectivity index (χ1v) is 6.25. The smallest absolute Gasteiger partial charge is 0.0589 e. The summed E-state index contributed by atoms with van der Waals surface area (Å²) < 4.78 is 0. The van der Waals surface area contributed by atoms with Crippen LogP contribution in [0.1, 0.15) is 26.2 Å². The largest absolute Gasteiger partial charge is 0.397 e. The van der Waals surface area contributed by atoms with E-state index < -0.39 is 0 Å². The van der Waals surface area contributed by atoms with Crippen molar-refractivity contribution in [2.45, 2.75) is 36.6 Å². The molecule has 1 fully saturated rings. The highest BCUT2D eigenvalue weighted by atomic mass is 32.2. The van der Waals surface area contributed by atoms with Crippen LogP contribution in [0.3, 0.4) is 0 Å². The van der Waals surface area contributed by atoms with E-state index in [0.29, 0.717) is 0 Å². The minimum atomic E-state index is 0.216. The second-order valence-corrected chi connectivity index (χ2v) is 5.42. The lowest BCUT2D eigenvalue weighted by molar-refractivity contribution is 0.307. The van der Waals surface area contributed by atoms with Crippen molar-refractivity contribution in [1.29, 1.82) is 0 Å². The molecule has 0 aromatic heterocycles. The Balaban J connectivity index is 2.15.